The van der Waals surface area contributed by atoms with Gasteiger partial charge >= 0.3 is 0 Å². The quantitative estimate of drug-likeness (QED) is 0.910. The highest BCUT2D eigenvalue weighted by Crippen LogP contribution is 2.26. The van der Waals surface area contributed by atoms with Crippen molar-refractivity contribution in [1.29, 1.82) is 0 Å². The van der Waals surface area contributed by atoms with Crippen LogP contribution in [0.2, 0.25) is 0 Å². The Labute approximate surface area is 110 Å². The van der Waals surface area contributed by atoms with Crippen LogP contribution >= 0.6 is 0 Å². The Kier molecular flexibility index (Phi) is 4.14. The molecular weight excluding hydrogens is 252 g/mol. The number of amides is 1. The van der Waals surface area contributed by atoms with Gasteiger partial charge in [-0.05, 0) is 25.5 Å². The summed E-state index contributed by atoms with van der Waals surface area (Å²) in [5, 5.41) is 9.05. The summed E-state index contributed by atoms with van der Waals surface area (Å²) in [7, 11) is 0. The lowest BCUT2D eigenvalue weighted by Gasteiger charge is -2.21. The molecule has 2 unspecified atom stereocenters. The van der Waals surface area contributed by atoms with Crippen LogP contribution in [0.4, 0.5) is 8.78 Å². The molecule has 19 heavy (non-hydrogen) atoms. The summed E-state index contributed by atoms with van der Waals surface area (Å²) in [5.41, 5.74) is -0.181. The highest BCUT2D eigenvalue weighted by Gasteiger charge is 2.31. The van der Waals surface area contributed by atoms with Crippen molar-refractivity contribution in [3.05, 3.63) is 35.4 Å². The van der Waals surface area contributed by atoms with E-state index in [0.717, 1.165) is 18.6 Å². The lowest BCUT2D eigenvalue weighted by atomic mass is 9.98. The summed E-state index contributed by atoms with van der Waals surface area (Å²) in [4.78, 5) is 13.8. The predicted molar refractivity (Wildman–Crippen MR) is 66.5 cm³/mol. The van der Waals surface area contributed by atoms with Gasteiger partial charge in [-0.15, -0.1) is 0 Å². The van der Waals surface area contributed by atoms with Crippen LogP contribution in [0.5, 0.6) is 0 Å². The lowest BCUT2D eigenvalue weighted by Crippen LogP contribution is -2.33. The molecule has 0 aliphatic carbocycles. The van der Waals surface area contributed by atoms with Crippen LogP contribution in [0, 0.1) is 17.6 Å². The highest BCUT2D eigenvalue weighted by molar-refractivity contribution is 5.83. The average Bonchev–Trinajstić information content (AvgIpc) is 2.86. The first-order valence-electron chi connectivity index (χ1n) is 6.38. The molecule has 0 radical (unpaired) electrons. The second-order valence-electron chi connectivity index (χ2n) is 4.98. The minimum absolute atomic E-state index is 0.0339. The molecule has 1 aliphatic heterocycles. The Morgan fingerprint density at radius 3 is 2.63 bits per heavy atom. The number of likely N-dealkylation sites (tertiary alicyclic amines) is 1. The Morgan fingerprint density at radius 2 is 2.11 bits per heavy atom. The van der Waals surface area contributed by atoms with Crippen LogP contribution in [0.3, 0.4) is 0 Å². The molecule has 2 atom stereocenters. The molecule has 5 heteroatoms. The summed E-state index contributed by atoms with van der Waals surface area (Å²) in [6, 6.07) is 3.59. The van der Waals surface area contributed by atoms with Crippen LogP contribution < -0.4 is 0 Å². The Morgan fingerprint density at radius 1 is 1.47 bits per heavy atom. The number of nitrogens with zero attached hydrogens (tertiary/aromatic N) is 1. The monoisotopic (exact) mass is 269 g/mol. The first kappa shape index (κ1) is 13.9. The number of aliphatic hydroxyl groups excluding tert-OH is 1. The number of carbonyl (C=O) groups excluding carboxylic acids is 1. The van der Waals surface area contributed by atoms with Crippen molar-refractivity contribution >= 4 is 5.91 Å². The summed E-state index contributed by atoms with van der Waals surface area (Å²) in [6.45, 7) is 2.53. The summed E-state index contributed by atoms with van der Waals surface area (Å²) in [6.07, 6.45) is 0.731. The predicted octanol–water partition coefficient (Wildman–Crippen LogP) is 1.91. The lowest BCUT2D eigenvalue weighted by molar-refractivity contribution is -0.131. The zero-order valence-electron chi connectivity index (χ0n) is 10.8. The zero-order valence-corrected chi connectivity index (χ0v) is 10.8. The number of halogens is 2. The highest BCUT2D eigenvalue weighted by atomic mass is 19.1. The Bertz CT molecular complexity index is 458. The third kappa shape index (κ3) is 2.76. The number of rotatable bonds is 3. The van der Waals surface area contributed by atoms with E-state index in [9.17, 15) is 13.6 Å². The van der Waals surface area contributed by atoms with Gasteiger partial charge in [-0.25, -0.2) is 8.78 Å². The van der Waals surface area contributed by atoms with Gasteiger partial charge in [-0.1, -0.05) is 6.07 Å². The molecule has 1 aromatic carbocycles. The van der Waals surface area contributed by atoms with Gasteiger partial charge in [0.05, 0.1) is 5.92 Å². The fraction of sp³-hybridized carbons (Fsp3) is 0.500. The standard InChI is InChI=1S/C14H17F2NO2/c1-9(13-11(15)3-2-4-12(13)16)14(19)17-6-5-10(7-17)8-18/h2-4,9-10,18H,5-8H2,1H3. The van der Waals surface area contributed by atoms with Crippen LogP contribution in [-0.4, -0.2) is 35.6 Å². The van der Waals surface area contributed by atoms with E-state index in [2.05, 4.69) is 0 Å². The molecule has 2 rings (SSSR count). The van der Waals surface area contributed by atoms with Crippen molar-refractivity contribution in [2.75, 3.05) is 19.7 Å². The molecule has 1 aromatic rings. The molecule has 1 N–H and O–H groups in total. The topological polar surface area (TPSA) is 40.5 Å². The van der Waals surface area contributed by atoms with E-state index in [0.29, 0.717) is 13.1 Å². The average molecular weight is 269 g/mol. The molecule has 0 bridgehead atoms. The Balaban J connectivity index is 2.16. The molecule has 104 valence electrons. The van der Waals surface area contributed by atoms with E-state index < -0.39 is 17.6 Å². The van der Waals surface area contributed by atoms with E-state index in [4.69, 9.17) is 5.11 Å². The molecular formula is C14H17F2NO2. The summed E-state index contributed by atoms with van der Waals surface area (Å²) in [5.74, 6) is -2.46. The molecule has 3 nitrogen and oxygen atoms in total. The van der Waals surface area contributed by atoms with Crippen LogP contribution in [0.15, 0.2) is 18.2 Å². The van der Waals surface area contributed by atoms with E-state index >= 15 is 0 Å². The van der Waals surface area contributed by atoms with E-state index in [1.54, 1.807) is 4.90 Å². The van der Waals surface area contributed by atoms with E-state index in [1.165, 1.54) is 13.0 Å². The molecule has 1 heterocycles. The number of aliphatic hydroxyl groups is 1. The third-order valence-corrected chi connectivity index (χ3v) is 3.66. The summed E-state index contributed by atoms with van der Waals surface area (Å²) >= 11 is 0. The maximum atomic E-state index is 13.6. The second-order valence-corrected chi connectivity index (χ2v) is 4.98. The molecule has 0 spiro atoms. The fourth-order valence-corrected chi connectivity index (χ4v) is 2.50. The van der Waals surface area contributed by atoms with Gasteiger partial charge in [-0.2, -0.15) is 0 Å². The van der Waals surface area contributed by atoms with E-state index in [1.807, 2.05) is 0 Å². The molecule has 0 saturated carbocycles. The molecule has 1 saturated heterocycles. The largest absolute Gasteiger partial charge is 0.396 e. The van der Waals surface area contributed by atoms with Gasteiger partial charge in [0.15, 0.2) is 0 Å². The molecule has 1 aliphatic rings. The summed E-state index contributed by atoms with van der Waals surface area (Å²) < 4.78 is 27.3. The van der Waals surface area contributed by atoms with Gasteiger partial charge in [0.25, 0.3) is 0 Å². The van der Waals surface area contributed by atoms with Gasteiger partial charge in [0, 0.05) is 31.2 Å². The van der Waals surface area contributed by atoms with Crippen LogP contribution in [0.25, 0.3) is 0 Å². The maximum Gasteiger partial charge on any atom is 0.230 e. The number of hydrogen-bond donors (Lipinski definition) is 1. The van der Waals surface area contributed by atoms with Crippen molar-refractivity contribution < 1.29 is 18.7 Å². The Hall–Kier alpha value is -1.49. The first-order chi connectivity index (χ1) is 9.04. The van der Waals surface area contributed by atoms with Crippen LogP contribution in [-0.2, 0) is 4.79 Å². The van der Waals surface area contributed by atoms with Crippen molar-refractivity contribution in [1.82, 2.24) is 4.90 Å². The van der Waals surface area contributed by atoms with Gasteiger partial charge in [0.1, 0.15) is 11.6 Å². The second kappa shape index (κ2) is 5.65. The number of benzene rings is 1. The van der Waals surface area contributed by atoms with Crippen molar-refractivity contribution in [3.8, 4) is 0 Å². The number of hydrogen-bond acceptors (Lipinski definition) is 2. The SMILES string of the molecule is CC(C(=O)N1CCC(CO)C1)c1c(F)cccc1F. The van der Waals surface area contributed by atoms with Gasteiger partial charge < -0.3 is 10.0 Å². The minimum Gasteiger partial charge on any atom is -0.396 e. The smallest absolute Gasteiger partial charge is 0.230 e. The normalized spacial score (nSPS) is 20.6. The molecule has 1 fully saturated rings. The van der Waals surface area contributed by atoms with Crippen molar-refractivity contribution in [2.45, 2.75) is 19.3 Å². The molecule has 1 amide bonds. The molecule has 0 aromatic heterocycles. The van der Waals surface area contributed by atoms with Crippen molar-refractivity contribution in [2.24, 2.45) is 5.92 Å². The van der Waals surface area contributed by atoms with Crippen LogP contribution in [0.1, 0.15) is 24.8 Å². The van der Waals surface area contributed by atoms with Gasteiger partial charge in [0.2, 0.25) is 5.91 Å². The maximum absolute atomic E-state index is 13.6. The van der Waals surface area contributed by atoms with Gasteiger partial charge in [-0.3, -0.25) is 4.79 Å². The van der Waals surface area contributed by atoms with Crippen molar-refractivity contribution in [3.63, 3.8) is 0 Å². The third-order valence-electron chi connectivity index (χ3n) is 3.66. The van der Waals surface area contributed by atoms with E-state index in [-0.39, 0.29) is 24.0 Å². The minimum atomic E-state index is -0.848. The first-order valence-corrected chi connectivity index (χ1v) is 6.38. The fourth-order valence-electron chi connectivity index (χ4n) is 2.50. The zero-order chi connectivity index (χ0) is 14.0. The number of carbonyl (C=O) groups is 1.